The van der Waals surface area contributed by atoms with Crippen LogP contribution in [0.5, 0.6) is 0 Å². The van der Waals surface area contributed by atoms with E-state index in [0.29, 0.717) is 19.3 Å². The lowest BCUT2D eigenvalue weighted by atomic mass is 9.98. The molecule has 9 unspecified atom stereocenters. The van der Waals surface area contributed by atoms with Crippen molar-refractivity contribution in [2.75, 3.05) is 13.2 Å². The summed E-state index contributed by atoms with van der Waals surface area (Å²) >= 11 is 0. The topological polar surface area (TPSA) is 189 Å². The van der Waals surface area contributed by atoms with Crippen LogP contribution in [0.2, 0.25) is 0 Å². The zero-order valence-corrected chi connectivity index (χ0v) is 51.6. The number of ether oxygens (including phenoxy) is 2. The lowest BCUT2D eigenvalue weighted by molar-refractivity contribution is -0.303. The monoisotopic (exact) mass is 1120 g/mol. The predicted molar refractivity (Wildman–Crippen MR) is 330 cm³/mol. The molecular formula is C68H131NO10. The molecule has 1 amide bonds. The fourth-order valence-electron chi connectivity index (χ4n) is 11.2. The Hall–Kier alpha value is -1.41. The maximum Gasteiger partial charge on any atom is 0.249 e. The molecule has 0 aliphatic carbocycles. The van der Waals surface area contributed by atoms with E-state index in [1.54, 1.807) is 0 Å². The number of nitrogens with one attached hydrogen (secondary N) is 1. The number of aliphatic hydroxyl groups is 7. The molecule has 1 saturated heterocycles. The predicted octanol–water partition coefficient (Wildman–Crippen LogP) is 16.0. The molecule has 11 nitrogen and oxygen atoms in total. The molecule has 1 fully saturated rings. The molecular weight excluding hydrogens is 991 g/mol. The SMILES string of the molecule is CCCCCCCCCCCCCCCCC/C=C/CC/C=C/CCCC(O)C(O)C(COC1OC(CO)C(O)C(O)C1O)NC(=O)C(O)CCCCCCCCCCCCCCCCCCCCCCCCCCCCCC. The Morgan fingerprint density at radius 1 is 0.430 bits per heavy atom. The van der Waals surface area contributed by atoms with Gasteiger partial charge in [-0.2, -0.15) is 0 Å². The highest BCUT2D eigenvalue weighted by atomic mass is 16.7. The number of aliphatic hydroxyl groups excluding tert-OH is 7. The third-order valence-corrected chi connectivity index (χ3v) is 16.7. The van der Waals surface area contributed by atoms with Gasteiger partial charge >= 0.3 is 0 Å². The molecule has 1 heterocycles. The van der Waals surface area contributed by atoms with Crippen LogP contribution in [0.1, 0.15) is 335 Å². The van der Waals surface area contributed by atoms with Crippen molar-refractivity contribution in [3.8, 4) is 0 Å². The molecule has 0 aromatic heterocycles. The van der Waals surface area contributed by atoms with Crippen LogP contribution in [0.4, 0.5) is 0 Å². The summed E-state index contributed by atoms with van der Waals surface area (Å²) in [5, 5.41) is 76.4. The van der Waals surface area contributed by atoms with Gasteiger partial charge in [-0.25, -0.2) is 0 Å². The maximum atomic E-state index is 13.2. The molecule has 0 saturated carbocycles. The molecule has 0 bridgehead atoms. The largest absolute Gasteiger partial charge is 0.394 e. The average molecular weight is 1120 g/mol. The number of hydrogen-bond acceptors (Lipinski definition) is 10. The van der Waals surface area contributed by atoms with E-state index in [9.17, 15) is 40.5 Å². The van der Waals surface area contributed by atoms with Crippen molar-refractivity contribution in [1.29, 1.82) is 0 Å². The number of unbranched alkanes of at least 4 members (excludes halogenated alkanes) is 44. The number of carbonyl (C=O) groups excluding carboxylic acids is 1. The summed E-state index contributed by atoms with van der Waals surface area (Å²) in [6, 6.07) is -1.19. The molecule has 0 spiro atoms. The molecule has 0 radical (unpaired) electrons. The van der Waals surface area contributed by atoms with Crippen LogP contribution in [-0.2, 0) is 14.3 Å². The van der Waals surface area contributed by atoms with Crippen molar-refractivity contribution < 1.29 is 50.0 Å². The van der Waals surface area contributed by atoms with E-state index in [0.717, 1.165) is 38.5 Å². The first-order valence-electron chi connectivity index (χ1n) is 34.2. The first kappa shape index (κ1) is 75.6. The van der Waals surface area contributed by atoms with Gasteiger partial charge in [0, 0.05) is 0 Å². The van der Waals surface area contributed by atoms with Crippen molar-refractivity contribution in [3.63, 3.8) is 0 Å². The van der Waals surface area contributed by atoms with Gasteiger partial charge in [-0.1, -0.05) is 308 Å². The third-order valence-electron chi connectivity index (χ3n) is 16.7. The Labute approximate surface area is 486 Å². The first-order valence-corrected chi connectivity index (χ1v) is 34.2. The number of allylic oxidation sites excluding steroid dienone is 4. The highest BCUT2D eigenvalue weighted by Crippen LogP contribution is 2.24. The maximum absolute atomic E-state index is 13.2. The van der Waals surface area contributed by atoms with Crippen LogP contribution in [0.15, 0.2) is 24.3 Å². The Morgan fingerprint density at radius 3 is 1.13 bits per heavy atom. The summed E-state index contributed by atoms with van der Waals surface area (Å²) in [6.07, 6.45) is 59.8. The molecule has 1 aliphatic heterocycles. The van der Waals surface area contributed by atoms with Gasteiger partial charge in [0.25, 0.3) is 0 Å². The second kappa shape index (κ2) is 57.0. The van der Waals surface area contributed by atoms with Gasteiger partial charge in [0.1, 0.15) is 36.6 Å². The van der Waals surface area contributed by atoms with Crippen molar-refractivity contribution in [2.45, 2.75) is 390 Å². The summed E-state index contributed by atoms with van der Waals surface area (Å²) in [6.45, 7) is 3.49. The van der Waals surface area contributed by atoms with Gasteiger partial charge in [-0.3, -0.25) is 4.79 Å². The molecule has 0 aromatic rings. The summed E-state index contributed by atoms with van der Waals surface area (Å²) < 4.78 is 11.2. The number of carbonyl (C=O) groups is 1. The zero-order valence-electron chi connectivity index (χ0n) is 51.6. The zero-order chi connectivity index (χ0) is 57.5. The summed E-state index contributed by atoms with van der Waals surface area (Å²) in [7, 11) is 0. The number of hydrogen-bond donors (Lipinski definition) is 8. The van der Waals surface area contributed by atoms with Gasteiger partial charge in [-0.15, -0.1) is 0 Å². The van der Waals surface area contributed by atoms with Gasteiger partial charge in [0.15, 0.2) is 6.29 Å². The highest BCUT2D eigenvalue weighted by molar-refractivity contribution is 5.80. The van der Waals surface area contributed by atoms with Crippen molar-refractivity contribution >= 4 is 5.91 Å². The van der Waals surface area contributed by atoms with Crippen LogP contribution in [-0.4, -0.2) is 110 Å². The lowest BCUT2D eigenvalue weighted by Crippen LogP contribution is -2.60. The minimum atomic E-state index is -1.67. The molecule has 1 rings (SSSR count). The van der Waals surface area contributed by atoms with Crippen molar-refractivity contribution in [2.24, 2.45) is 0 Å². The van der Waals surface area contributed by atoms with E-state index in [1.807, 2.05) is 0 Å². The Bertz CT molecular complexity index is 1330. The van der Waals surface area contributed by atoms with Crippen molar-refractivity contribution in [1.82, 2.24) is 5.32 Å². The van der Waals surface area contributed by atoms with E-state index in [-0.39, 0.29) is 12.8 Å². The number of rotatable bonds is 60. The number of amides is 1. The summed E-state index contributed by atoms with van der Waals surface area (Å²) in [5.41, 5.74) is 0. The molecule has 0 aromatic carbocycles. The Morgan fingerprint density at radius 2 is 0.759 bits per heavy atom. The van der Waals surface area contributed by atoms with Crippen LogP contribution < -0.4 is 5.32 Å². The van der Waals surface area contributed by atoms with Crippen LogP contribution >= 0.6 is 0 Å². The highest BCUT2D eigenvalue weighted by Gasteiger charge is 2.44. The fourth-order valence-corrected chi connectivity index (χ4v) is 11.2. The van der Waals surface area contributed by atoms with E-state index in [2.05, 4.69) is 43.5 Å². The molecule has 1 aliphatic rings. The van der Waals surface area contributed by atoms with Gasteiger partial charge < -0.3 is 50.5 Å². The summed E-state index contributed by atoms with van der Waals surface area (Å²) in [5.74, 6) is -0.703. The fraction of sp³-hybridized carbons (Fsp3) is 0.926. The average Bonchev–Trinajstić information content (AvgIpc) is 3.46. The smallest absolute Gasteiger partial charge is 0.249 e. The first-order chi connectivity index (χ1) is 38.7. The Kier molecular flexibility index (Phi) is 54.6. The molecule has 11 heteroatoms. The second-order valence-electron chi connectivity index (χ2n) is 24.2. The van der Waals surface area contributed by atoms with Crippen LogP contribution in [0.25, 0.3) is 0 Å². The summed E-state index contributed by atoms with van der Waals surface area (Å²) in [4.78, 5) is 13.2. The van der Waals surface area contributed by atoms with Gasteiger partial charge in [0.05, 0.1) is 25.4 Å². The van der Waals surface area contributed by atoms with E-state index in [4.69, 9.17) is 9.47 Å². The molecule has 9 atom stereocenters. The van der Waals surface area contributed by atoms with Gasteiger partial charge in [0.2, 0.25) is 5.91 Å². The van der Waals surface area contributed by atoms with Crippen LogP contribution in [0.3, 0.4) is 0 Å². The molecule has 468 valence electrons. The van der Waals surface area contributed by atoms with Crippen molar-refractivity contribution in [3.05, 3.63) is 24.3 Å². The van der Waals surface area contributed by atoms with E-state index >= 15 is 0 Å². The quantitative estimate of drug-likeness (QED) is 0.0215. The normalized spacial score (nSPS) is 19.4. The standard InChI is InChI=1S/C68H131NO10/c1-3-5-7-9-11-13-15-17-19-21-23-25-27-29-30-31-32-34-36-38-40-42-44-46-48-50-52-54-56-61(72)67(77)69-59(58-78-68-66(76)65(75)64(74)62(57-70)79-68)63(73)60(71)55-53-51-49-47-45-43-41-39-37-35-33-28-26-24-22-20-18-16-14-12-10-8-6-4-2/h39,41,47,49,59-66,68,70-76H,3-38,40,42-46,48,50-58H2,1-2H3,(H,69,77)/b41-39+,49-47+. The second-order valence-corrected chi connectivity index (χ2v) is 24.2. The third kappa shape index (κ3) is 44.7. The minimum absolute atomic E-state index is 0.249. The lowest BCUT2D eigenvalue weighted by Gasteiger charge is -2.40. The molecule has 79 heavy (non-hydrogen) atoms. The van der Waals surface area contributed by atoms with E-state index in [1.165, 1.54) is 250 Å². The Balaban J connectivity index is 2.23. The molecule has 8 N–H and O–H groups in total. The van der Waals surface area contributed by atoms with E-state index < -0.39 is 74.2 Å². The minimum Gasteiger partial charge on any atom is -0.394 e. The van der Waals surface area contributed by atoms with Gasteiger partial charge in [-0.05, 0) is 51.4 Å². The van der Waals surface area contributed by atoms with Crippen LogP contribution in [0, 0.1) is 0 Å².